The van der Waals surface area contributed by atoms with Gasteiger partial charge < -0.3 is 0 Å². The molecule has 2 rings (SSSR count). The summed E-state index contributed by atoms with van der Waals surface area (Å²) in [5.41, 5.74) is -0.896. The summed E-state index contributed by atoms with van der Waals surface area (Å²) >= 11 is 0. The van der Waals surface area contributed by atoms with Gasteiger partial charge in [-0.05, 0) is 10.8 Å². The molecule has 0 spiro atoms. The minimum Gasteiger partial charge on any atom is -0.287 e. The lowest BCUT2D eigenvalue weighted by Gasteiger charge is -2.27. The quantitative estimate of drug-likeness (QED) is 0.582. The molecule has 2 aromatic carbocycles. The van der Waals surface area contributed by atoms with Gasteiger partial charge in [0.2, 0.25) is 5.78 Å². The lowest BCUT2D eigenvalue weighted by atomic mass is 9.95. The Morgan fingerprint density at radius 3 is 1.91 bits per heavy atom. The molecular weight excluding hydrogens is 317 g/mol. The van der Waals surface area contributed by atoms with E-state index in [0.717, 1.165) is 12.1 Å². The standard InChI is InChI=1S/C14H7F7O/c15-12(16,13(17,18)14(19,20)21)11(22)10-7-3-5-8-4-1-2-6-9(8)10/h1-7H. The number of rotatable bonds is 3. The van der Waals surface area contributed by atoms with Crippen LogP contribution in [0.3, 0.4) is 0 Å². The molecule has 118 valence electrons. The fourth-order valence-electron chi connectivity index (χ4n) is 1.91. The van der Waals surface area contributed by atoms with Crippen LogP contribution < -0.4 is 0 Å². The summed E-state index contributed by atoms with van der Waals surface area (Å²) in [6.07, 6.45) is -6.54. The van der Waals surface area contributed by atoms with Crippen LogP contribution in [0.5, 0.6) is 0 Å². The third-order valence-corrected chi connectivity index (χ3v) is 3.07. The zero-order chi connectivity index (χ0) is 16.8. The van der Waals surface area contributed by atoms with E-state index in [2.05, 4.69) is 0 Å². The van der Waals surface area contributed by atoms with Gasteiger partial charge in [-0.25, -0.2) is 0 Å². The van der Waals surface area contributed by atoms with Crippen LogP contribution in [0.4, 0.5) is 30.7 Å². The van der Waals surface area contributed by atoms with E-state index in [1.807, 2.05) is 0 Å². The molecule has 0 radical (unpaired) electrons. The van der Waals surface area contributed by atoms with Gasteiger partial charge in [-0.2, -0.15) is 30.7 Å². The SMILES string of the molecule is O=C(c1cccc2ccccc12)C(F)(F)C(F)(F)C(F)(F)F. The predicted molar refractivity (Wildman–Crippen MR) is 64.2 cm³/mol. The third-order valence-electron chi connectivity index (χ3n) is 3.07. The predicted octanol–water partition coefficient (Wildman–Crippen LogP) is 4.86. The zero-order valence-electron chi connectivity index (χ0n) is 10.6. The average Bonchev–Trinajstić information content (AvgIpc) is 2.44. The van der Waals surface area contributed by atoms with Crippen molar-refractivity contribution in [2.24, 2.45) is 0 Å². The molecule has 0 aliphatic rings. The molecule has 0 saturated carbocycles. The summed E-state index contributed by atoms with van der Waals surface area (Å²) in [6.45, 7) is 0. The number of hydrogen-bond donors (Lipinski definition) is 0. The Labute approximate surface area is 119 Å². The molecule has 0 bridgehead atoms. The fraction of sp³-hybridized carbons (Fsp3) is 0.214. The summed E-state index contributed by atoms with van der Waals surface area (Å²) < 4.78 is 89.3. The zero-order valence-corrected chi connectivity index (χ0v) is 10.6. The highest BCUT2D eigenvalue weighted by molar-refractivity contribution is 6.11. The van der Waals surface area contributed by atoms with Gasteiger partial charge in [0.05, 0.1) is 0 Å². The van der Waals surface area contributed by atoms with Crippen LogP contribution >= 0.6 is 0 Å². The highest BCUT2D eigenvalue weighted by atomic mass is 19.4. The summed E-state index contributed by atoms with van der Waals surface area (Å²) in [7, 11) is 0. The number of fused-ring (bicyclic) bond motifs is 1. The van der Waals surface area contributed by atoms with Crippen molar-refractivity contribution in [3.05, 3.63) is 48.0 Å². The number of alkyl halides is 7. The van der Waals surface area contributed by atoms with Crippen LogP contribution in [0, 0.1) is 0 Å². The maximum atomic E-state index is 13.5. The lowest BCUT2D eigenvalue weighted by molar-refractivity contribution is -0.339. The Morgan fingerprint density at radius 2 is 1.32 bits per heavy atom. The number of hydrogen-bond acceptors (Lipinski definition) is 1. The molecule has 8 heteroatoms. The Balaban J connectivity index is 2.59. The molecule has 0 aromatic heterocycles. The number of carbonyl (C=O) groups is 1. The van der Waals surface area contributed by atoms with E-state index < -0.39 is 29.4 Å². The highest BCUT2D eigenvalue weighted by Crippen LogP contribution is 2.48. The second kappa shape index (κ2) is 4.96. The number of Topliss-reactive ketones (excluding diaryl/α,β-unsaturated/α-hetero) is 1. The van der Waals surface area contributed by atoms with Crippen LogP contribution in [-0.2, 0) is 0 Å². The molecule has 0 saturated heterocycles. The summed E-state index contributed by atoms with van der Waals surface area (Å²) in [5.74, 6) is -14.9. The van der Waals surface area contributed by atoms with Crippen molar-refractivity contribution < 1.29 is 35.5 Å². The molecule has 0 aliphatic heterocycles. The minimum absolute atomic E-state index is 0.132. The fourth-order valence-corrected chi connectivity index (χ4v) is 1.91. The van der Waals surface area contributed by atoms with Gasteiger partial charge in [0.25, 0.3) is 0 Å². The largest absolute Gasteiger partial charge is 0.460 e. The summed E-state index contributed by atoms with van der Waals surface area (Å²) in [6, 6.07) is 8.75. The van der Waals surface area contributed by atoms with Crippen molar-refractivity contribution in [1.29, 1.82) is 0 Å². The normalized spacial score (nSPS) is 13.4. The van der Waals surface area contributed by atoms with Crippen LogP contribution in [0.2, 0.25) is 0 Å². The third kappa shape index (κ3) is 2.32. The number of benzene rings is 2. The van der Waals surface area contributed by atoms with Gasteiger partial charge in [0.1, 0.15) is 0 Å². The maximum Gasteiger partial charge on any atom is 0.460 e. The van der Waals surface area contributed by atoms with Crippen LogP contribution in [0.1, 0.15) is 10.4 Å². The molecule has 0 atom stereocenters. The van der Waals surface area contributed by atoms with E-state index in [0.29, 0.717) is 0 Å². The monoisotopic (exact) mass is 324 g/mol. The molecular formula is C14H7F7O. The van der Waals surface area contributed by atoms with Crippen molar-refractivity contribution in [2.75, 3.05) is 0 Å². The first-order valence-electron chi connectivity index (χ1n) is 5.85. The van der Waals surface area contributed by atoms with Crippen LogP contribution in [-0.4, -0.2) is 23.8 Å². The van der Waals surface area contributed by atoms with Gasteiger partial charge in [0, 0.05) is 5.56 Å². The Morgan fingerprint density at radius 1 is 0.773 bits per heavy atom. The Hall–Kier alpha value is -2.12. The first kappa shape index (κ1) is 16.3. The smallest absolute Gasteiger partial charge is 0.287 e. The molecule has 0 heterocycles. The Bertz CT molecular complexity index is 713. The lowest BCUT2D eigenvalue weighted by Crippen LogP contribution is -2.56. The van der Waals surface area contributed by atoms with Crippen molar-refractivity contribution >= 4 is 16.6 Å². The minimum atomic E-state index is -6.54. The average molecular weight is 324 g/mol. The first-order valence-corrected chi connectivity index (χ1v) is 5.85. The van der Waals surface area contributed by atoms with Gasteiger partial charge >= 0.3 is 18.0 Å². The number of halogens is 7. The van der Waals surface area contributed by atoms with Gasteiger partial charge in [-0.1, -0.05) is 42.5 Å². The molecule has 0 fully saturated rings. The molecule has 0 amide bonds. The first-order chi connectivity index (χ1) is 10.00. The van der Waals surface area contributed by atoms with Crippen LogP contribution in [0.15, 0.2) is 42.5 Å². The van der Waals surface area contributed by atoms with Crippen LogP contribution in [0.25, 0.3) is 10.8 Å². The van der Waals surface area contributed by atoms with Crippen molar-refractivity contribution in [2.45, 2.75) is 18.0 Å². The molecule has 1 nitrogen and oxygen atoms in total. The van der Waals surface area contributed by atoms with Gasteiger partial charge in [-0.3, -0.25) is 4.79 Å². The van der Waals surface area contributed by atoms with Gasteiger partial charge in [-0.15, -0.1) is 0 Å². The van der Waals surface area contributed by atoms with E-state index in [1.54, 1.807) is 0 Å². The number of carbonyl (C=O) groups excluding carboxylic acids is 1. The molecule has 2 aromatic rings. The van der Waals surface area contributed by atoms with Crippen molar-refractivity contribution in [3.63, 3.8) is 0 Å². The number of ketones is 1. The summed E-state index contributed by atoms with van der Waals surface area (Å²) in [5, 5.41) is 0.132. The maximum absolute atomic E-state index is 13.5. The molecule has 0 aliphatic carbocycles. The molecule has 0 unspecified atom stereocenters. The molecule has 22 heavy (non-hydrogen) atoms. The second-order valence-electron chi connectivity index (χ2n) is 4.50. The van der Waals surface area contributed by atoms with Gasteiger partial charge in [0.15, 0.2) is 0 Å². The molecule has 0 N–H and O–H groups in total. The van der Waals surface area contributed by atoms with E-state index in [1.165, 1.54) is 30.3 Å². The van der Waals surface area contributed by atoms with E-state index >= 15 is 0 Å². The summed E-state index contributed by atoms with van der Waals surface area (Å²) in [4.78, 5) is 11.6. The van der Waals surface area contributed by atoms with E-state index in [9.17, 15) is 35.5 Å². The van der Waals surface area contributed by atoms with E-state index in [-0.39, 0.29) is 10.8 Å². The van der Waals surface area contributed by atoms with E-state index in [4.69, 9.17) is 0 Å². The van der Waals surface area contributed by atoms with Crippen molar-refractivity contribution in [1.82, 2.24) is 0 Å². The Kier molecular flexibility index (Phi) is 3.67. The topological polar surface area (TPSA) is 17.1 Å². The van der Waals surface area contributed by atoms with Crippen molar-refractivity contribution in [3.8, 4) is 0 Å². The highest BCUT2D eigenvalue weighted by Gasteiger charge is 2.76. The second-order valence-corrected chi connectivity index (χ2v) is 4.50.